The Hall–Kier alpha value is -1.14. The first kappa shape index (κ1) is 16.2. The SMILES string of the molecule is CCCS(=O)(=O)CCOc1cc(F)cc(CNC2CC2)c1. The highest BCUT2D eigenvalue weighted by molar-refractivity contribution is 7.91. The van der Waals surface area contributed by atoms with E-state index in [1.54, 1.807) is 6.07 Å². The fraction of sp³-hybridized carbons (Fsp3) is 0.600. The molecular weight excluding hydrogens is 293 g/mol. The van der Waals surface area contributed by atoms with Gasteiger partial charge in [0.05, 0.1) is 11.5 Å². The molecule has 0 saturated heterocycles. The highest BCUT2D eigenvalue weighted by Gasteiger charge is 2.20. The fourth-order valence-electron chi connectivity index (χ4n) is 2.06. The van der Waals surface area contributed by atoms with E-state index in [-0.39, 0.29) is 23.9 Å². The zero-order valence-electron chi connectivity index (χ0n) is 12.3. The van der Waals surface area contributed by atoms with Crippen LogP contribution in [0.25, 0.3) is 0 Å². The highest BCUT2D eigenvalue weighted by Crippen LogP contribution is 2.21. The Balaban J connectivity index is 1.86. The number of halogens is 1. The van der Waals surface area contributed by atoms with E-state index >= 15 is 0 Å². The average Bonchev–Trinajstić information content (AvgIpc) is 3.19. The van der Waals surface area contributed by atoms with Crippen molar-refractivity contribution in [1.29, 1.82) is 0 Å². The summed E-state index contributed by atoms with van der Waals surface area (Å²) < 4.78 is 42.1. The van der Waals surface area contributed by atoms with Crippen LogP contribution in [0.2, 0.25) is 0 Å². The van der Waals surface area contributed by atoms with Gasteiger partial charge in [-0.1, -0.05) is 6.92 Å². The van der Waals surface area contributed by atoms with E-state index in [0.717, 1.165) is 5.56 Å². The summed E-state index contributed by atoms with van der Waals surface area (Å²) >= 11 is 0. The van der Waals surface area contributed by atoms with E-state index in [1.807, 2.05) is 6.92 Å². The Kier molecular flexibility index (Phi) is 5.58. The second-order valence-corrected chi connectivity index (χ2v) is 7.75. The van der Waals surface area contributed by atoms with Crippen molar-refractivity contribution >= 4 is 9.84 Å². The van der Waals surface area contributed by atoms with E-state index in [4.69, 9.17) is 4.74 Å². The van der Waals surface area contributed by atoms with Crippen molar-refractivity contribution in [2.24, 2.45) is 0 Å². The Labute approximate surface area is 125 Å². The van der Waals surface area contributed by atoms with Crippen LogP contribution in [0.15, 0.2) is 18.2 Å². The van der Waals surface area contributed by atoms with Crippen molar-refractivity contribution in [3.05, 3.63) is 29.6 Å². The van der Waals surface area contributed by atoms with Crippen LogP contribution in [-0.4, -0.2) is 32.6 Å². The van der Waals surface area contributed by atoms with Gasteiger partial charge in [0.1, 0.15) is 18.2 Å². The minimum Gasteiger partial charge on any atom is -0.492 e. The van der Waals surface area contributed by atoms with Crippen LogP contribution in [0.4, 0.5) is 4.39 Å². The Morgan fingerprint density at radius 1 is 1.29 bits per heavy atom. The lowest BCUT2D eigenvalue weighted by Gasteiger charge is -2.09. The number of nitrogens with one attached hydrogen (secondary N) is 1. The number of rotatable bonds is 9. The minimum absolute atomic E-state index is 0.0347. The number of ether oxygens (including phenoxy) is 1. The molecule has 0 aromatic heterocycles. The van der Waals surface area contributed by atoms with Crippen LogP contribution in [0.3, 0.4) is 0 Å². The van der Waals surface area contributed by atoms with Crippen molar-refractivity contribution in [1.82, 2.24) is 5.32 Å². The molecule has 0 amide bonds. The summed E-state index contributed by atoms with van der Waals surface area (Å²) in [5.74, 6) is 0.147. The summed E-state index contributed by atoms with van der Waals surface area (Å²) in [6.07, 6.45) is 2.95. The summed E-state index contributed by atoms with van der Waals surface area (Å²) in [6.45, 7) is 2.48. The number of hydrogen-bond donors (Lipinski definition) is 1. The summed E-state index contributed by atoms with van der Waals surface area (Å²) in [4.78, 5) is 0. The molecule has 1 aliphatic carbocycles. The van der Waals surface area contributed by atoms with Crippen LogP contribution in [0.5, 0.6) is 5.75 Å². The second kappa shape index (κ2) is 7.22. The fourth-order valence-corrected chi connectivity index (χ4v) is 3.22. The molecule has 118 valence electrons. The first-order valence-corrected chi connectivity index (χ1v) is 9.17. The van der Waals surface area contributed by atoms with Crippen LogP contribution in [-0.2, 0) is 16.4 Å². The van der Waals surface area contributed by atoms with E-state index < -0.39 is 9.84 Å². The van der Waals surface area contributed by atoms with Gasteiger partial charge in [-0.3, -0.25) is 0 Å². The van der Waals surface area contributed by atoms with Crippen molar-refractivity contribution in [3.63, 3.8) is 0 Å². The van der Waals surface area contributed by atoms with Gasteiger partial charge in [0.15, 0.2) is 9.84 Å². The maximum absolute atomic E-state index is 13.5. The molecule has 1 aromatic rings. The van der Waals surface area contributed by atoms with Gasteiger partial charge in [-0.2, -0.15) is 0 Å². The molecule has 1 N–H and O–H groups in total. The molecule has 2 rings (SSSR count). The topological polar surface area (TPSA) is 55.4 Å². The van der Waals surface area contributed by atoms with Gasteiger partial charge >= 0.3 is 0 Å². The summed E-state index contributed by atoms with van der Waals surface area (Å²) in [6, 6.07) is 5.06. The smallest absolute Gasteiger partial charge is 0.153 e. The van der Waals surface area contributed by atoms with Crippen molar-refractivity contribution < 1.29 is 17.5 Å². The van der Waals surface area contributed by atoms with Crippen LogP contribution < -0.4 is 10.1 Å². The van der Waals surface area contributed by atoms with E-state index in [9.17, 15) is 12.8 Å². The molecule has 0 bridgehead atoms. The van der Waals surface area contributed by atoms with E-state index in [2.05, 4.69) is 5.32 Å². The maximum atomic E-state index is 13.5. The zero-order valence-corrected chi connectivity index (χ0v) is 13.1. The molecule has 0 aliphatic heterocycles. The van der Waals surface area contributed by atoms with Gasteiger partial charge in [-0.15, -0.1) is 0 Å². The molecule has 0 heterocycles. The molecule has 0 spiro atoms. The Morgan fingerprint density at radius 2 is 2.05 bits per heavy atom. The molecule has 4 nitrogen and oxygen atoms in total. The monoisotopic (exact) mass is 315 g/mol. The maximum Gasteiger partial charge on any atom is 0.153 e. The Bertz CT molecular complexity index is 570. The van der Waals surface area contributed by atoms with Crippen molar-refractivity contribution in [3.8, 4) is 5.75 Å². The van der Waals surface area contributed by atoms with Crippen molar-refractivity contribution in [2.45, 2.75) is 38.8 Å². The quantitative estimate of drug-likeness (QED) is 0.759. The Morgan fingerprint density at radius 3 is 2.71 bits per heavy atom. The molecular formula is C15H22FNO3S. The standard InChI is InChI=1S/C15H22FNO3S/c1-2-6-21(18,19)7-5-20-15-9-12(8-13(16)10-15)11-17-14-3-4-14/h8-10,14,17H,2-7,11H2,1H3. The number of sulfone groups is 1. The first-order chi connectivity index (χ1) is 9.98. The third-order valence-electron chi connectivity index (χ3n) is 3.28. The molecule has 1 aromatic carbocycles. The van der Waals surface area contributed by atoms with E-state index in [1.165, 1.54) is 25.0 Å². The molecule has 0 atom stereocenters. The lowest BCUT2D eigenvalue weighted by molar-refractivity contribution is 0.338. The summed E-state index contributed by atoms with van der Waals surface area (Å²) in [5, 5.41) is 3.31. The summed E-state index contributed by atoms with van der Waals surface area (Å²) in [5.41, 5.74) is 0.813. The predicted molar refractivity (Wildman–Crippen MR) is 80.7 cm³/mol. The van der Waals surface area contributed by atoms with Gasteiger partial charge < -0.3 is 10.1 Å². The molecule has 0 radical (unpaired) electrons. The molecule has 21 heavy (non-hydrogen) atoms. The predicted octanol–water partition coefficient (Wildman–Crippen LogP) is 2.28. The second-order valence-electron chi connectivity index (χ2n) is 5.45. The van der Waals surface area contributed by atoms with Gasteiger partial charge in [0.25, 0.3) is 0 Å². The normalized spacial score (nSPS) is 15.1. The molecule has 1 fully saturated rings. The number of benzene rings is 1. The van der Waals surface area contributed by atoms with Gasteiger partial charge in [0.2, 0.25) is 0 Å². The first-order valence-electron chi connectivity index (χ1n) is 7.34. The summed E-state index contributed by atoms with van der Waals surface area (Å²) in [7, 11) is -3.07. The van der Waals surface area contributed by atoms with Gasteiger partial charge in [0, 0.05) is 18.7 Å². The highest BCUT2D eigenvalue weighted by atomic mass is 32.2. The number of hydrogen-bond acceptors (Lipinski definition) is 4. The lowest BCUT2D eigenvalue weighted by atomic mass is 10.2. The van der Waals surface area contributed by atoms with Gasteiger partial charge in [-0.05, 0) is 37.0 Å². The van der Waals surface area contributed by atoms with Gasteiger partial charge in [-0.25, -0.2) is 12.8 Å². The van der Waals surface area contributed by atoms with Crippen LogP contribution in [0.1, 0.15) is 31.7 Å². The third kappa shape index (κ3) is 6.01. The lowest BCUT2D eigenvalue weighted by Crippen LogP contribution is -2.17. The molecule has 1 aliphatic rings. The average molecular weight is 315 g/mol. The van der Waals surface area contributed by atoms with Crippen molar-refractivity contribution in [2.75, 3.05) is 18.1 Å². The third-order valence-corrected chi connectivity index (χ3v) is 5.10. The molecule has 0 unspecified atom stereocenters. The van der Waals surface area contributed by atoms with Crippen LogP contribution in [0, 0.1) is 5.82 Å². The largest absolute Gasteiger partial charge is 0.492 e. The van der Waals surface area contributed by atoms with Crippen LogP contribution >= 0.6 is 0 Å². The molecule has 6 heteroatoms. The minimum atomic E-state index is -3.07. The molecule has 1 saturated carbocycles. The van der Waals surface area contributed by atoms with E-state index in [0.29, 0.717) is 24.8 Å². The zero-order chi connectivity index (χ0) is 15.3.